The first-order valence-corrected chi connectivity index (χ1v) is 8.23. The minimum Gasteiger partial charge on any atom is -0.497 e. The van der Waals surface area contributed by atoms with Crippen LogP contribution in [0.2, 0.25) is 0 Å². The Morgan fingerprint density at radius 1 is 1.00 bits per heavy atom. The van der Waals surface area contributed by atoms with Crippen LogP contribution in [0.5, 0.6) is 11.5 Å². The number of nitrogens with one attached hydrogen (secondary N) is 1. The molecule has 1 N–H and O–H groups in total. The molecule has 6 nitrogen and oxygen atoms in total. The van der Waals surface area contributed by atoms with Gasteiger partial charge in [0.05, 0.1) is 19.8 Å². The van der Waals surface area contributed by atoms with E-state index in [1.165, 1.54) is 14.0 Å². The van der Waals surface area contributed by atoms with Crippen molar-refractivity contribution in [2.24, 2.45) is 0 Å². The van der Waals surface area contributed by atoms with E-state index in [1.807, 2.05) is 0 Å². The molecule has 0 aromatic heterocycles. The third kappa shape index (κ3) is 4.96. The van der Waals surface area contributed by atoms with Crippen LogP contribution in [-0.2, 0) is 9.53 Å². The van der Waals surface area contributed by atoms with E-state index < -0.39 is 18.0 Å². The summed E-state index contributed by atoms with van der Waals surface area (Å²) < 4.78 is 15.9. The number of anilines is 1. The molecule has 2 aromatic carbocycles. The Morgan fingerprint density at radius 2 is 1.60 bits per heavy atom. The number of methoxy groups -OCH3 is 2. The van der Waals surface area contributed by atoms with Gasteiger partial charge in [-0.05, 0) is 65.3 Å². The zero-order valence-electron chi connectivity index (χ0n) is 14.0. The predicted octanol–water partition coefficient (Wildman–Crippen LogP) is 3.65. The number of esters is 1. The second-order valence-corrected chi connectivity index (χ2v) is 5.97. The summed E-state index contributed by atoms with van der Waals surface area (Å²) in [6.45, 7) is 1.50. The molecule has 0 saturated heterocycles. The molecule has 132 valence electrons. The topological polar surface area (TPSA) is 73.9 Å². The van der Waals surface area contributed by atoms with Crippen LogP contribution >= 0.6 is 15.9 Å². The van der Waals surface area contributed by atoms with E-state index in [-0.39, 0.29) is 5.56 Å². The lowest BCUT2D eigenvalue weighted by Crippen LogP contribution is -2.30. The minimum absolute atomic E-state index is 0.281. The number of halogens is 1. The summed E-state index contributed by atoms with van der Waals surface area (Å²) in [5.41, 5.74) is 0.861. The number of hydrogen-bond acceptors (Lipinski definition) is 5. The summed E-state index contributed by atoms with van der Waals surface area (Å²) in [4.78, 5) is 24.5. The number of amides is 1. The highest BCUT2D eigenvalue weighted by atomic mass is 79.9. The first-order chi connectivity index (χ1) is 11.9. The van der Waals surface area contributed by atoms with Gasteiger partial charge in [0.1, 0.15) is 11.5 Å². The quantitative estimate of drug-likeness (QED) is 0.739. The maximum absolute atomic E-state index is 12.3. The molecule has 2 aromatic rings. The maximum atomic E-state index is 12.3. The van der Waals surface area contributed by atoms with Crippen LogP contribution in [0.15, 0.2) is 46.9 Å². The van der Waals surface area contributed by atoms with Crippen LogP contribution in [0.4, 0.5) is 5.69 Å². The third-order valence-electron chi connectivity index (χ3n) is 3.40. The molecular formula is C18H18BrNO5. The van der Waals surface area contributed by atoms with Gasteiger partial charge in [-0.2, -0.15) is 0 Å². The number of carbonyl (C=O) groups excluding carboxylic acids is 2. The molecule has 0 bridgehead atoms. The molecule has 25 heavy (non-hydrogen) atoms. The normalized spacial score (nSPS) is 11.4. The summed E-state index contributed by atoms with van der Waals surface area (Å²) in [6.07, 6.45) is -0.965. The average molecular weight is 408 g/mol. The fraction of sp³-hybridized carbons (Fsp3) is 0.222. The molecule has 0 saturated carbocycles. The molecule has 0 spiro atoms. The van der Waals surface area contributed by atoms with E-state index in [0.717, 1.165) is 0 Å². The minimum atomic E-state index is -0.965. The van der Waals surface area contributed by atoms with Crippen molar-refractivity contribution in [3.05, 3.63) is 52.5 Å². The Balaban J connectivity index is 2.01. The Labute approximate surface area is 154 Å². The SMILES string of the molecule is COc1ccc(NC(=O)[C@@H](C)OC(=O)c2cc(OC)ccc2Br)cc1. The molecule has 0 heterocycles. The lowest BCUT2D eigenvalue weighted by Gasteiger charge is -2.14. The predicted molar refractivity (Wildman–Crippen MR) is 97.2 cm³/mol. The lowest BCUT2D eigenvalue weighted by atomic mass is 10.2. The molecular weight excluding hydrogens is 390 g/mol. The fourth-order valence-corrected chi connectivity index (χ4v) is 2.39. The van der Waals surface area contributed by atoms with Gasteiger partial charge in [-0.3, -0.25) is 4.79 Å². The molecule has 1 atom stereocenters. The molecule has 0 fully saturated rings. The smallest absolute Gasteiger partial charge is 0.340 e. The van der Waals surface area contributed by atoms with E-state index in [0.29, 0.717) is 21.7 Å². The van der Waals surface area contributed by atoms with Crippen molar-refractivity contribution < 1.29 is 23.8 Å². The molecule has 7 heteroatoms. The van der Waals surface area contributed by atoms with Gasteiger partial charge in [-0.1, -0.05) is 0 Å². The second kappa shape index (κ2) is 8.53. The number of benzene rings is 2. The van der Waals surface area contributed by atoms with Crippen molar-refractivity contribution in [1.29, 1.82) is 0 Å². The monoisotopic (exact) mass is 407 g/mol. The third-order valence-corrected chi connectivity index (χ3v) is 4.10. The second-order valence-electron chi connectivity index (χ2n) is 5.11. The van der Waals surface area contributed by atoms with Crippen LogP contribution in [0.3, 0.4) is 0 Å². The Bertz CT molecular complexity index is 761. The lowest BCUT2D eigenvalue weighted by molar-refractivity contribution is -0.123. The summed E-state index contributed by atoms with van der Waals surface area (Å²) in [6, 6.07) is 11.8. The molecule has 1 amide bonds. The first-order valence-electron chi connectivity index (χ1n) is 7.44. The molecule has 0 radical (unpaired) electrons. The van der Waals surface area contributed by atoms with E-state index >= 15 is 0 Å². The van der Waals surface area contributed by atoms with Gasteiger partial charge >= 0.3 is 5.97 Å². The fourth-order valence-electron chi connectivity index (χ4n) is 1.98. The van der Waals surface area contributed by atoms with Crippen LogP contribution in [0.1, 0.15) is 17.3 Å². The van der Waals surface area contributed by atoms with Crippen molar-refractivity contribution in [2.75, 3.05) is 19.5 Å². The van der Waals surface area contributed by atoms with E-state index in [1.54, 1.807) is 49.6 Å². The van der Waals surface area contributed by atoms with Crippen LogP contribution in [0, 0.1) is 0 Å². The Hall–Kier alpha value is -2.54. The zero-order chi connectivity index (χ0) is 18.4. The van der Waals surface area contributed by atoms with Gasteiger partial charge in [0, 0.05) is 10.2 Å². The first kappa shape index (κ1) is 18.8. The maximum Gasteiger partial charge on any atom is 0.340 e. The highest BCUT2D eigenvalue weighted by Gasteiger charge is 2.21. The van der Waals surface area contributed by atoms with Crippen molar-refractivity contribution >= 4 is 33.5 Å². The number of carbonyl (C=O) groups is 2. The summed E-state index contributed by atoms with van der Waals surface area (Å²) >= 11 is 3.29. The largest absolute Gasteiger partial charge is 0.497 e. The van der Waals surface area contributed by atoms with Crippen LogP contribution < -0.4 is 14.8 Å². The Morgan fingerprint density at radius 3 is 2.20 bits per heavy atom. The molecule has 0 aliphatic heterocycles. The standard InChI is InChI=1S/C18H18BrNO5/c1-11(17(21)20-12-4-6-13(23-2)7-5-12)25-18(22)15-10-14(24-3)8-9-16(15)19/h4-11H,1-3H3,(H,20,21)/t11-/m1/s1. The van der Waals surface area contributed by atoms with Gasteiger partial charge in [-0.15, -0.1) is 0 Å². The van der Waals surface area contributed by atoms with E-state index in [9.17, 15) is 9.59 Å². The molecule has 0 aliphatic rings. The Kier molecular flexibility index (Phi) is 6.41. The summed E-state index contributed by atoms with van der Waals surface area (Å²) in [7, 11) is 3.06. The van der Waals surface area contributed by atoms with Gasteiger partial charge in [0.2, 0.25) is 0 Å². The van der Waals surface area contributed by atoms with Crippen molar-refractivity contribution in [3.63, 3.8) is 0 Å². The van der Waals surface area contributed by atoms with Crippen molar-refractivity contribution in [3.8, 4) is 11.5 Å². The summed E-state index contributed by atoms with van der Waals surface area (Å²) in [5.74, 6) is 0.145. The van der Waals surface area contributed by atoms with E-state index in [4.69, 9.17) is 14.2 Å². The number of hydrogen-bond donors (Lipinski definition) is 1. The van der Waals surface area contributed by atoms with Gasteiger partial charge < -0.3 is 19.5 Å². The zero-order valence-corrected chi connectivity index (χ0v) is 15.6. The highest BCUT2D eigenvalue weighted by molar-refractivity contribution is 9.10. The van der Waals surface area contributed by atoms with Gasteiger partial charge in [0.25, 0.3) is 5.91 Å². The van der Waals surface area contributed by atoms with Crippen LogP contribution in [0.25, 0.3) is 0 Å². The average Bonchev–Trinajstić information content (AvgIpc) is 2.62. The van der Waals surface area contributed by atoms with Crippen molar-refractivity contribution in [1.82, 2.24) is 0 Å². The van der Waals surface area contributed by atoms with Gasteiger partial charge in [0.15, 0.2) is 6.10 Å². The molecule has 0 unspecified atom stereocenters. The van der Waals surface area contributed by atoms with Crippen molar-refractivity contribution in [2.45, 2.75) is 13.0 Å². The van der Waals surface area contributed by atoms with Gasteiger partial charge in [-0.25, -0.2) is 4.79 Å². The number of rotatable bonds is 6. The van der Waals surface area contributed by atoms with Crippen LogP contribution in [-0.4, -0.2) is 32.2 Å². The highest BCUT2D eigenvalue weighted by Crippen LogP contribution is 2.23. The molecule has 0 aliphatic carbocycles. The molecule has 2 rings (SSSR count). The summed E-state index contributed by atoms with van der Waals surface area (Å²) in [5, 5.41) is 2.68. The van der Waals surface area contributed by atoms with E-state index in [2.05, 4.69) is 21.2 Å². The number of ether oxygens (including phenoxy) is 3.